The summed E-state index contributed by atoms with van der Waals surface area (Å²) in [4.78, 5) is 0. The third-order valence-electron chi connectivity index (χ3n) is 3.37. The fourth-order valence-corrected chi connectivity index (χ4v) is 2.43. The molecule has 1 saturated carbocycles. The predicted molar refractivity (Wildman–Crippen MR) is 61.6 cm³/mol. The summed E-state index contributed by atoms with van der Waals surface area (Å²) in [5, 5.41) is 12.6. The highest BCUT2D eigenvalue weighted by Gasteiger charge is 2.26. The van der Waals surface area contributed by atoms with Gasteiger partial charge in [0.2, 0.25) is 0 Å². The van der Waals surface area contributed by atoms with E-state index >= 15 is 0 Å². The summed E-state index contributed by atoms with van der Waals surface area (Å²) in [6, 6.07) is 6.79. The Balaban J connectivity index is 1.95. The predicted octanol–water partition coefficient (Wildman–Crippen LogP) is 3.01. The minimum absolute atomic E-state index is 0.158. The van der Waals surface area contributed by atoms with E-state index in [4.69, 9.17) is 9.68 Å². The molecule has 1 aromatic rings. The van der Waals surface area contributed by atoms with Gasteiger partial charge in [-0.3, -0.25) is 0 Å². The van der Waals surface area contributed by atoms with Crippen LogP contribution in [0.1, 0.15) is 44.4 Å². The maximum atomic E-state index is 9.09. The van der Waals surface area contributed by atoms with E-state index in [0.717, 1.165) is 18.6 Å². The van der Waals surface area contributed by atoms with Crippen LogP contribution in [0.4, 0.5) is 0 Å². The Kier molecular flexibility index (Phi) is 3.63. The van der Waals surface area contributed by atoms with Crippen molar-refractivity contribution in [3.63, 3.8) is 0 Å². The van der Waals surface area contributed by atoms with Crippen LogP contribution < -0.4 is 5.32 Å². The molecule has 16 heavy (non-hydrogen) atoms. The molecule has 0 saturated heterocycles. The zero-order valence-corrected chi connectivity index (χ0v) is 9.65. The van der Waals surface area contributed by atoms with Crippen LogP contribution in [0.15, 0.2) is 22.8 Å². The molecule has 2 rings (SSSR count). The van der Waals surface area contributed by atoms with Gasteiger partial charge in [-0.15, -0.1) is 0 Å². The van der Waals surface area contributed by atoms with Crippen molar-refractivity contribution in [1.82, 2.24) is 5.32 Å². The van der Waals surface area contributed by atoms with Crippen LogP contribution in [0.25, 0.3) is 0 Å². The Bertz CT molecular complexity index is 353. The van der Waals surface area contributed by atoms with Crippen molar-refractivity contribution in [2.75, 3.05) is 0 Å². The first kappa shape index (κ1) is 11.2. The molecule has 0 bridgehead atoms. The molecule has 3 atom stereocenters. The quantitative estimate of drug-likeness (QED) is 0.848. The number of rotatable bonds is 3. The van der Waals surface area contributed by atoms with Crippen molar-refractivity contribution < 1.29 is 4.42 Å². The van der Waals surface area contributed by atoms with Gasteiger partial charge < -0.3 is 9.73 Å². The highest BCUT2D eigenvalue weighted by atomic mass is 16.3. The highest BCUT2D eigenvalue weighted by Crippen LogP contribution is 2.26. The van der Waals surface area contributed by atoms with Crippen molar-refractivity contribution in [2.24, 2.45) is 5.92 Å². The van der Waals surface area contributed by atoms with Gasteiger partial charge in [-0.1, -0.05) is 12.8 Å². The lowest BCUT2D eigenvalue weighted by atomic mass is 9.85. The topological polar surface area (TPSA) is 49.0 Å². The molecule has 0 spiro atoms. The molecule has 1 fully saturated rings. The van der Waals surface area contributed by atoms with E-state index in [2.05, 4.69) is 18.3 Å². The van der Waals surface area contributed by atoms with E-state index in [1.165, 1.54) is 12.8 Å². The Morgan fingerprint density at radius 1 is 1.50 bits per heavy atom. The van der Waals surface area contributed by atoms with Gasteiger partial charge in [0.1, 0.15) is 5.76 Å². The molecular weight excluding hydrogens is 200 g/mol. The van der Waals surface area contributed by atoms with Crippen molar-refractivity contribution in [1.29, 1.82) is 5.26 Å². The average Bonchev–Trinajstić information content (AvgIpc) is 2.83. The second kappa shape index (κ2) is 5.18. The second-order valence-electron chi connectivity index (χ2n) is 4.53. The maximum Gasteiger partial charge on any atom is 0.120 e. The summed E-state index contributed by atoms with van der Waals surface area (Å²) in [5.74, 6) is 1.11. The maximum absolute atomic E-state index is 9.09. The number of hydrogen-bond donors (Lipinski definition) is 1. The van der Waals surface area contributed by atoms with E-state index in [1.54, 1.807) is 6.26 Å². The van der Waals surface area contributed by atoms with Gasteiger partial charge in [-0.05, 0) is 31.9 Å². The van der Waals surface area contributed by atoms with E-state index < -0.39 is 0 Å². The van der Waals surface area contributed by atoms with Gasteiger partial charge >= 0.3 is 0 Å². The molecule has 3 heteroatoms. The van der Waals surface area contributed by atoms with Gasteiger partial charge in [-0.2, -0.15) is 5.26 Å². The first-order valence-corrected chi connectivity index (χ1v) is 6.00. The van der Waals surface area contributed by atoms with E-state index in [9.17, 15) is 0 Å². The fraction of sp³-hybridized carbons (Fsp3) is 0.615. The second-order valence-corrected chi connectivity index (χ2v) is 4.53. The molecule has 1 aromatic heterocycles. The molecule has 2 unspecified atom stereocenters. The molecule has 1 aliphatic rings. The lowest BCUT2D eigenvalue weighted by molar-refractivity contribution is 0.278. The van der Waals surface area contributed by atoms with Crippen LogP contribution in [-0.2, 0) is 0 Å². The Labute approximate surface area is 96.4 Å². The third-order valence-corrected chi connectivity index (χ3v) is 3.37. The summed E-state index contributed by atoms with van der Waals surface area (Å²) < 4.78 is 5.36. The first-order chi connectivity index (χ1) is 7.81. The number of nitriles is 1. The molecule has 1 heterocycles. The SMILES string of the molecule is C[C@@H](NC1CCCCC1C#N)c1ccco1. The van der Waals surface area contributed by atoms with Crippen molar-refractivity contribution in [3.8, 4) is 6.07 Å². The molecule has 3 nitrogen and oxygen atoms in total. The third kappa shape index (κ3) is 2.45. The van der Waals surface area contributed by atoms with Crippen LogP contribution in [0.3, 0.4) is 0 Å². The van der Waals surface area contributed by atoms with Gasteiger partial charge in [0, 0.05) is 6.04 Å². The zero-order valence-electron chi connectivity index (χ0n) is 9.65. The summed E-state index contributed by atoms with van der Waals surface area (Å²) in [7, 11) is 0. The van der Waals surface area contributed by atoms with Crippen LogP contribution in [-0.4, -0.2) is 6.04 Å². The molecular formula is C13H18N2O. The summed E-state index contributed by atoms with van der Waals surface area (Å²) in [5.41, 5.74) is 0. The molecule has 0 aromatic carbocycles. The van der Waals surface area contributed by atoms with Crippen molar-refractivity contribution >= 4 is 0 Å². The lowest BCUT2D eigenvalue weighted by Gasteiger charge is -2.29. The van der Waals surface area contributed by atoms with Crippen LogP contribution in [0.5, 0.6) is 0 Å². The molecule has 0 aliphatic heterocycles. The monoisotopic (exact) mass is 218 g/mol. The minimum Gasteiger partial charge on any atom is -0.468 e. The highest BCUT2D eigenvalue weighted by molar-refractivity contribution is 5.05. The average molecular weight is 218 g/mol. The van der Waals surface area contributed by atoms with Gasteiger partial charge in [0.25, 0.3) is 0 Å². The lowest BCUT2D eigenvalue weighted by Crippen LogP contribution is -2.39. The molecule has 0 amide bonds. The van der Waals surface area contributed by atoms with E-state index in [0.29, 0.717) is 6.04 Å². The Hall–Kier alpha value is -1.27. The van der Waals surface area contributed by atoms with Crippen molar-refractivity contribution in [2.45, 2.75) is 44.7 Å². The van der Waals surface area contributed by atoms with Crippen LogP contribution in [0, 0.1) is 17.2 Å². The molecule has 86 valence electrons. The smallest absolute Gasteiger partial charge is 0.120 e. The normalized spacial score (nSPS) is 27.2. The minimum atomic E-state index is 0.158. The number of hydrogen-bond acceptors (Lipinski definition) is 3. The van der Waals surface area contributed by atoms with Gasteiger partial charge in [0.05, 0.1) is 24.3 Å². The number of furan rings is 1. The number of nitrogens with one attached hydrogen (secondary N) is 1. The van der Waals surface area contributed by atoms with E-state index in [1.807, 2.05) is 12.1 Å². The first-order valence-electron chi connectivity index (χ1n) is 6.00. The molecule has 1 N–H and O–H groups in total. The van der Waals surface area contributed by atoms with Gasteiger partial charge in [0.15, 0.2) is 0 Å². The molecule has 0 radical (unpaired) electrons. The largest absolute Gasteiger partial charge is 0.468 e. The summed E-state index contributed by atoms with van der Waals surface area (Å²) in [6.07, 6.45) is 6.23. The fourth-order valence-electron chi connectivity index (χ4n) is 2.43. The zero-order chi connectivity index (χ0) is 11.4. The standard InChI is InChI=1S/C13H18N2O/c1-10(13-7-4-8-16-13)15-12-6-3-2-5-11(12)9-14/h4,7-8,10-12,15H,2-3,5-6H2,1H3/t10-,11?,12?/m1/s1. The van der Waals surface area contributed by atoms with Crippen molar-refractivity contribution in [3.05, 3.63) is 24.2 Å². The van der Waals surface area contributed by atoms with Gasteiger partial charge in [-0.25, -0.2) is 0 Å². The molecule has 1 aliphatic carbocycles. The number of nitrogens with zero attached hydrogens (tertiary/aromatic N) is 1. The van der Waals surface area contributed by atoms with Crippen LogP contribution in [0.2, 0.25) is 0 Å². The summed E-state index contributed by atoms with van der Waals surface area (Å²) >= 11 is 0. The Morgan fingerprint density at radius 3 is 3.00 bits per heavy atom. The Morgan fingerprint density at radius 2 is 2.31 bits per heavy atom. The van der Waals surface area contributed by atoms with E-state index in [-0.39, 0.29) is 12.0 Å². The summed E-state index contributed by atoms with van der Waals surface area (Å²) in [6.45, 7) is 2.09. The van der Waals surface area contributed by atoms with Crippen LogP contribution >= 0.6 is 0 Å².